The minimum atomic E-state index is -3.58. The van der Waals surface area contributed by atoms with E-state index in [1.54, 1.807) is 23.1 Å². The average molecular weight is 529 g/mol. The van der Waals surface area contributed by atoms with Crippen molar-refractivity contribution in [2.45, 2.75) is 26.3 Å². The zero-order valence-electron chi connectivity index (χ0n) is 21.1. The van der Waals surface area contributed by atoms with Gasteiger partial charge in [0.15, 0.2) is 0 Å². The van der Waals surface area contributed by atoms with Gasteiger partial charge in [-0.15, -0.1) is 0 Å². The lowest BCUT2D eigenvalue weighted by Crippen LogP contribution is -2.49. The molecule has 2 aromatic rings. The maximum Gasteiger partial charge on any atom is 0.414 e. The van der Waals surface area contributed by atoms with Crippen LogP contribution < -0.4 is 14.1 Å². The van der Waals surface area contributed by atoms with Crippen LogP contribution in [0.25, 0.3) is 0 Å². The molecule has 3 fully saturated rings. The minimum Gasteiger partial charge on any atom is -0.447 e. The van der Waals surface area contributed by atoms with E-state index in [9.17, 15) is 23.1 Å². The third-order valence-electron chi connectivity index (χ3n) is 7.29. The third kappa shape index (κ3) is 4.73. The number of ether oxygens (including phenoxy) is 1. The number of sulfonamides is 1. The molecule has 2 aromatic carbocycles. The van der Waals surface area contributed by atoms with Crippen molar-refractivity contribution < 1.29 is 27.9 Å². The lowest BCUT2D eigenvalue weighted by atomic mass is 10.1. The summed E-state index contributed by atoms with van der Waals surface area (Å²) in [7, 11) is -3.58. The number of nitrogens with zero attached hydrogens (tertiary/aromatic N) is 4. The van der Waals surface area contributed by atoms with Crippen LogP contribution in [0.1, 0.15) is 27.9 Å². The molecular weight excluding hydrogens is 496 g/mol. The van der Waals surface area contributed by atoms with Crippen LogP contribution in [0.15, 0.2) is 36.4 Å². The molecule has 37 heavy (non-hydrogen) atoms. The van der Waals surface area contributed by atoms with Crippen molar-refractivity contribution in [1.82, 2.24) is 4.90 Å². The van der Waals surface area contributed by atoms with Gasteiger partial charge in [-0.05, 0) is 50.1 Å². The summed E-state index contributed by atoms with van der Waals surface area (Å²) in [6, 6.07) is 10.5. The first-order valence-corrected chi connectivity index (χ1v) is 14.1. The normalized spacial score (nSPS) is 21.5. The number of hydrogen-bond acceptors (Lipinski definition) is 7. The fourth-order valence-corrected chi connectivity index (χ4v) is 6.93. The molecule has 0 saturated carbocycles. The van der Waals surface area contributed by atoms with Crippen molar-refractivity contribution in [3.63, 3.8) is 0 Å². The Morgan fingerprint density at radius 3 is 2.43 bits per heavy atom. The van der Waals surface area contributed by atoms with Crippen LogP contribution >= 0.6 is 0 Å². The highest BCUT2D eigenvalue weighted by Gasteiger charge is 2.37. The van der Waals surface area contributed by atoms with Crippen molar-refractivity contribution in [1.29, 1.82) is 0 Å². The predicted octanol–water partition coefficient (Wildman–Crippen LogP) is 2.12. The van der Waals surface area contributed by atoms with Gasteiger partial charge in [-0.3, -0.25) is 14.0 Å². The number of carbonyl (C=O) groups excluding carboxylic acids is 2. The molecule has 1 N–H and O–H groups in total. The fourth-order valence-electron chi connectivity index (χ4n) is 5.36. The highest BCUT2D eigenvalue weighted by molar-refractivity contribution is 7.93. The molecule has 0 aromatic heterocycles. The van der Waals surface area contributed by atoms with Crippen LogP contribution in [-0.2, 0) is 14.8 Å². The Hall–Kier alpha value is -3.31. The molecule has 0 unspecified atom stereocenters. The highest BCUT2D eigenvalue weighted by Crippen LogP contribution is 2.35. The van der Waals surface area contributed by atoms with E-state index in [0.717, 1.165) is 5.69 Å². The van der Waals surface area contributed by atoms with Crippen molar-refractivity contribution in [3.8, 4) is 0 Å². The molecule has 0 radical (unpaired) electrons. The quantitative estimate of drug-likeness (QED) is 0.633. The fraction of sp³-hybridized carbons (Fsp3) is 0.462. The van der Waals surface area contributed by atoms with Crippen LogP contribution in [-0.4, -0.2) is 88.2 Å². The number of aryl methyl sites for hydroxylation is 2. The van der Waals surface area contributed by atoms with Gasteiger partial charge in [-0.1, -0.05) is 17.7 Å². The van der Waals surface area contributed by atoms with E-state index in [1.807, 2.05) is 0 Å². The summed E-state index contributed by atoms with van der Waals surface area (Å²) in [6.07, 6.45) is -0.157. The number of rotatable bonds is 5. The first-order valence-electron chi connectivity index (χ1n) is 12.5. The summed E-state index contributed by atoms with van der Waals surface area (Å²) in [5, 5.41) is 9.68. The zero-order chi connectivity index (χ0) is 26.3. The number of carbonyl (C=O) groups is 2. The van der Waals surface area contributed by atoms with E-state index >= 15 is 0 Å². The molecule has 198 valence electrons. The highest BCUT2D eigenvalue weighted by atomic mass is 32.2. The molecule has 3 aliphatic heterocycles. The number of aliphatic hydroxyl groups excluding tert-OH is 1. The van der Waals surface area contributed by atoms with Gasteiger partial charge >= 0.3 is 6.09 Å². The second-order valence-corrected chi connectivity index (χ2v) is 11.8. The SMILES string of the molecule is Cc1ccc(N2CCN(C(=O)c3ccc(N4C(=O)OC[C@H]4CO)cc3N3CCCS3(=O)=O)CC2)c(C)c1. The molecule has 0 spiro atoms. The third-order valence-corrected chi connectivity index (χ3v) is 9.14. The van der Waals surface area contributed by atoms with Crippen LogP contribution in [0.2, 0.25) is 0 Å². The van der Waals surface area contributed by atoms with Crippen molar-refractivity contribution in [3.05, 3.63) is 53.1 Å². The molecule has 2 amide bonds. The zero-order valence-corrected chi connectivity index (χ0v) is 21.9. The molecule has 1 atom stereocenters. The van der Waals surface area contributed by atoms with Crippen LogP contribution in [0.3, 0.4) is 0 Å². The summed E-state index contributed by atoms with van der Waals surface area (Å²) >= 11 is 0. The van der Waals surface area contributed by atoms with Crippen molar-refractivity contribution >= 4 is 39.1 Å². The Bertz CT molecular complexity index is 1320. The number of piperazine rings is 1. The van der Waals surface area contributed by atoms with Gasteiger partial charge in [0.1, 0.15) is 6.61 Å². The Labute approximate surface area is 217 Å². The molecule has 0 bridgehead atoms. The van der Waals surface area contributed by atoms with Gasteiger partial charge in [-0.25, -0.2) is 13.2 Å². The smallest absolute Gasteiger partial charge is 0.414 e. The standard InChI is InChI=1S/C26H32N4O6S/c1-18-4-7-23(19(2)14-18)27-9-11-28(12-10-27)25(32)22-6-5-20(30-21(16-31)17-36-26(30)33)15-24(22)29-8-3-13-37(29,34)35/h4-7,14-15,21,31H,3,8-13,16-17H2,1-2H3/t21-/m1/s1. The lowest BCUT2D eigenvalue weighted by Gasteiger charge is -2.37. The molecule has 0 aliphatic carbocycles. The summed E-state index contributed by atoms with van der Waals surface area (Å²) in [5.74, 6) is -0.239. The predicted molar refractivity (Wildman–Crippen MR) is 141 cm³/mol. The number of amides is 2. The molecule has 5 rings (SSSR count). The van der Waals surface area contributed by atoms with Crippen molar-refractivity contribution in [2.75, 3.05) is 65.8 Å². The summed E-state index contributed by atoms with van der Waals surface area (Å²) in [5.41, 5.74) is 4.47. The van der Waals surface area contributed by atoms with Gasteiger partial charge in [0, 0.05) is 44.1 Å². The van der Waals surface area contributed by atoms with Gasteiger partial charge in [0.25, 0.3) is 5.91 Å². The maximum absolute atomic E-state index is 13.7. The number of benzene rings is 2. The second-order valence-electron chi connectivity index (χ2n) is 9.80. The number of aliphatic hydroxyl groups is 1. The first kappa shape index (κ1) is 25.3. The Morgan fingerprint density at radius 2 is 1.78 bits per heavy atom. The monoisotopic (exact) mass is 528 g/mol. The molecular formula is C26H32N4O6S. The number of cyclic esters (lactones) is 1. The Morgan fingerprint density at radius 1 is 1.03 bits per heavy atom. The number of hydrogen-bond donors (Lipinski definition) is 1. The van der Waals surface area contributed by atoms with E-state index < -0.39 is 22.2 Å². The maximum atomic E-state index is 13.7. The van der Waals surface area contributed by atoms with Crippen LogP contribution in [0.4, 0.5) is 21.9 Å². The largest absolute Gasteiger partial charge is 0.447 e. The second kappa shape index (κ2) is 9.86. The van der Waals surface area contributed by atoms with E-state index in [-0.39, 0.29) is 42.7 Å². The summed E-state index contributed by atoms with van der Waals surface area (Å²) < 4.78 is 32.0. The molecule has 3 saturated heterocycles. The van der Waals surface area contributed by atoms with Crippen LogP contribution in [0.5, 0.6) is 0 Å². The van der Waals surface area contributed by atoms with Crippen LogP contribution in [0, 0.1) is 13.8 Å². The molecule has 3 aliphatic rings. The Kier molecular flexibility index (Phi) is 6.76. The van der Waals surface area contributed by atoms with Crippen molar-refractivity contribution in [2.24, 2.45) is 0 Å². The molecule has 10 nitrogen and oxygen atoms in total. The van der Waals surface area contributed by atoms with Gasteiger partial charge in [-0.2, -0.15) is 0 Å². The Balaban J connectivity index is 1.42. The van der Waals surface area contributed by atoms with E-state index in [4.69, 9.17) is 4.74 Å². The van der Waals surface area contributed by atoms with Gasteiger partial charge in [0.2, 0.25) is 10.0 Å². The molecule has 11 heteroatoms. The van der Waals surface area contributed by atoms with Gasteiger partial charge in [0.05, 0.1) is 29.7 Å². The minimum absolute atomic E-state index is 0.00442. The van der Waals surface area contributed by atoms with E-state index in [0.29, 0.717) is 38.3 Å². The summed E-state index contributed by atoms with van der Waals surface area (Å²) in [6.45, 7) is 6.50. The van der Waals surface area contributed by atoms with E-state index in [2.05, 4.69) is 36.9 Å². The average Bonchev–Trinajstić information content (AvgIpc) is 3.44. The molecule has 3 heterocycles. The number of anilines is 3. The topological polar surface area (TPSA) is 111 Å². The lowest BCUT2D eigenvalue weighted by molar-refractivity contribution is 0.0747. The first-order chi connectivity index (χ1) is 17.7. The summed E-state index contributed by atoms with van der Waals surface area (Å²) in [4.78, 5) is 31.4. The van der Waals surface area contributed by atoms with Gasteiger partial charge < -0.3 is 19.6 Å². The van der Waals surface area contributed by atoms with E-state index in [1.165, 1.54) is 20.3 Å².